The van der Waals surface area contributed by atoms with Gasteiger partial charge in [0.25, 0.3) is 0 Å². The van der Waals surface area contributed by atoms with Crippen molar-refractivity contribution in [2.45, 2.75) is 20.0 Å². The molecular weight excluding hydrogens is 269 g/mol. The van der Waals surface area contributed by atoms with Gasteiger partial charge < -0.3 is 15.4 Å². The lowest BCUT2D eigenvalue weighted by molar-refractivity contribution is -0.136. The first-order valence-electron chi connectivity index (χ1n) is 6.46. The van der Waals surface area contributed by atoms with Crippen LogP contribution >= 0.6 is 0 Å². The molecule has 0 aliphatic carbocycles. The Morgan fingerprint density at radius 2 is 1.95 bits per heavy atom. The average Bonchev–Trinajstić information content (AvgIpc) is 2.33. The zero-order chi connectivity index (χ0) is 15.3. The molecule has 0 aliphatic heterocycles. The zero-order valence-corrected chi connectivity index (χ0v) is 12.0. The summed E-state index contributed by atoms with van der Waals surface area (Å²) < 4.78 is 43.7. The molecule has 0 radical (unpaired) electrons. The monoisotopic (exact) mass is 290 g/mol. The first-order chi connectivity index (χ1) is 9.25. The van der Waals surface area contributed by atoms with Crippen LogP contribution in [0.3, 0.4) is 0 Å². The van der Waals surface area contributed by atoms with Crippen LogP contribution in [0.5, 0.6) is 0 Å². The number of rotatable bonds is 6. The van der Waals surface area contributed by atoms with Crippen LogP contribution in [0.15, 0.2) is 18.2 Å². The standard InChI is InChI=1S/C14H21F3N2O/c1-10(2)9-19(6-7-20-3)11-4-5-13(18)12(8-11)14(15,16)17/h4-5,8,10H,6-7,9,18H2,1-3H3. The SMILES string of the molecule is COCCN(CC(C)C)c1ccc(N)c(C(F)(F)F)c1. The Bertz CT molecular complexity index is 433. The largest absolute Gasteiger partial charge is 0.418 e. The summed E-state index contributed by atoms with van der Waals surface area (Å²) in [5.74, 6) is 0.332. The summed E-state index contributed by atoms with van der Waals surface area (Å²) in [6, 6.07) is 4.02. The predicted molar refractivity (Wildman–Crippen MR) is 74.8 cm³/mol. The van der Waals surface area contributed by atoms with Crippen LogP contribution in [0, 0.1) is 5.92 Å². The Labute approximate surface area is 117 Å². The molecule has 0 unspecified atom stereocenters. The van der Waals surface area contributed by atoms with E-state index in [-0.39, 0.29) is 5.69 Å². The number of nitrogens with zero attached hydrogens (tertiary/aromatic N) is 1. The highest BCUT2D eigenvalue weighted by molar-refractivity contribution is 5.59. The minimum Gasteiger partial charge on any atom is -0.398 e. The van der Waals surface area contributed by atoms with Gasteiger partial charge in [0.1, 0.15) is 0 Å². The van der Waals surface area contributed by atoms with E-state index < -0.39 is 11.7 Å². The minimum atomic E-state index is -4.44. The van der Waals surface area contributed by atoms with E-state index in [2.05, 4.69) is 0 Å². The number of alkyl halides is 3. The van der Waals surface area contributed by atoms with E-state index >= 15 is 0 Å². The molecule has 0 fully saturated rings. The van der Waals surface area contributed by atoms with Crippen molar-refractivity contribution in [3.8, 4) is 0 Å². The molecule has 0 saturated heterocycles. The maximum absolute atomic E-state index is 12.9. The number of halogens is 3. The predicted octanol–water partition coefficient (Wildman–Crippen LogP) is 3.40. The fraction of sp³-hybridized carbons (Fsp3) is 0.571. The molecule has 2 N–H and O–H groups in total. The van der Waals surface area contributed by atoms with Crippen molar-refractivity contribution in [1.29, 1.82) is 0 Å². The third kappa shape index (κ3) is 4.59. The number of nitrogens with two attached hydrogens (primary N) is 1. The summed E-state index contributed by atoms with van der Waals surface area (Å²) >= 11 is 0. The van der Waals surface area contributed by atoms with E-state index in [1.54, 1.807) is 13.2 Å². The van der Waals surface area contributed by atoms with Gasteiger partial charge in [-0.15, -0.1) is 0 Å². The van der Waals surface area contributed by atoms with Crippen molar-refractivity contribution in [2.75, 3.05) is 37.4 Å². The summed E-state index contributed by atoms with van der Waals surface area (Å²) in [6.07, 6.45) is -4.44. The first kappa shape index (κ1) is 16.6. The molecule has 0 spiro atoms. The van der Waals surface area contributed by atoms with Crippen molar-refractivity contribution in [3.05, 3.63) is 23.8 Å². The molecule has 0 aliphatic rings. The quantitative estimate of drug-likeness (QED) is 0.816. The first-order valence-corrected chi connectivity index (χ1v) is 6.46. The molecule has 3 nitrogen and oxygen atoms in total. The number of hydrogen-bond acceptors (Lipinski definition) is 3. The van der Waals surface area contributed by atoms with Gasteiger partial charge in [-0.25, -0.2) is 0 Å². The normalized spacial score (nSPS) is 11.9. The third-order valence-electron chi connectivity index (χ3n) is 2.86. The second kappa shape index (κ2) is 6.83. The lowest BCUT2D eigenvalue weighted by atomic mass is 10.1. The number of benzene rings is 1. The molecule has 1 rings (SSSR count). The fourth-order valence-corrected chi connectivity index (χ4v) is 1.95. The Balaban J connectivity index is 3.07. The molecular formula is C14H21F3N2O. The molecule has 0 heterocycles. The van der Waals surface area contributed by atoms with E-state index in [4.69, 9.17) is 10.5 Å². The zero-order valence-electron chi connectivity index (χ0n) is 12.0. The number of ether oxygens (including phenoxy) is 1. The maximum Gasteiger partial charge on any atom is 0.418 e. The van der Waals surface area contributed by atoms with E-state index in [1.807, 2.05) is 18.7 Å². The van der Waals surface area contributed by atoms with Crippen LogP contribution in [-0.2, 0) is 10.9 Å². The topological polar surface area (TPSA) is 38.5 Å². The maximum atomic E-state index is 12.9. The van der Waals surface area contributed by atoms with Crippen molar-refractivity contribution in [3.63, 3.8) is 0 Å². The van der Waals surface area contributed by atoms with E-state index in [0.29, 0.717) is 31.3 Å². The third-order valence-corrected chi connectivity index (χ3v) is 2.86. The van der Waals surface area contributed by atoms with Gasteiger partial charge in [-0.1, -0.05) is 13.8 Å². The molecule has 6 heteroatoms. The van der Waals surface area contributed by atoms with E-state index in [9.17, 15) is 13.2 Å². The van der Waals surface area contributed by atoms with Crippen molar-refractivity contribution < 1.29 is 17.9 Å². The number of anilines is 2. The second-order valence-corrected chi connectivity index (χ2v) is 5.10. The molecule has 0 bridgehead atoms. The van der Waals surface area contributed by atoms with Crippen molar-refractivity contribution in [2.24, 2.45) is 5.92 Å². The Kier molecular flexibility index (Phi) is 5.68. The number of hydrogen-bond donors (Lipinski definition) is 1. The van der Waals surface area contributed by atoms with Gasteiger partial charge in [0.05, 0.1) is 12.2 Å². The van der Waals surface area contributed by atoms with E-state index in [0.717, 1.165) is 6.07 Å². The summed E-state index contributed by atoms with van der Waals surface area (Å²) in [5.41, 5.74) is 4.88. The molecule has 1 aromatic carbocycles. The molecule has 114 valence electrons. The highest BCUT2D eigenvalue weighted by atomic mass is 19.4. The second-order valence-electron chi connectivity index (χ2n) is 5.10. The van der Waals surface area contributed by atoms with Gasteiger partial charge in [-0.2, -0.15) is 13.2 Å². The van der Waals surface area contributed by atoms with Crippen LogP contribution < -0.4 is 10.6 Å². The van der Waals surface area contributed by atoms with Crippen LogP contribution in [0.4, 0.5) is 24.5 Å². The van der Waals surface area contributed by atoms with Crippen molar-refractivity contribution in [1.82, 2.24) is 0 Å². The Morgan fingerprint density at radius 1 is 1.30 bits per heavy atom. The highest BCUT2D eigenvalue weighted by Crippen LogP contribution is 2.36. The highest BCUT2D eigenvalue weighted by Gasteiger charge is 2.33. The minimum absolute atomic E-state index is 0.252. The van der Waals surface area contributed by atoms with Crippen LogP contribution in [0.25, 0.3) is 0 Å². The molecule has 0 aromatic heterocycles. The Hall–Kier alpha value is -1.43. The smallest absolute Gasteiger partial charge is 0.398 e. The van der Waals surface area contributed by atoms with Gasteiger partial charge in [0.2, 0.25) is 0 Å². The van der Waals surface area contributed by atoms with Crippen molar-refractivity contribution >= 4 is 11.4 Å². The molecule has 1 aromatic rings. The number of methoxy groups -OCH3 is 1. The summed E-state index contributed by atoms with van der Waals surface area (Å²) in [5, 5.41) is 0. The summed E-state index contributed by atoms with van der Waals surface area (Å²) in [4.78, 5) is 1.88. The lowest BCUT2D eigenvalue weighted by Gasteiger charge is -2.27. The molecule has 0 saturated carbocycles. The molecule has 20 heavy (non-hydrogen) atoms. The average molecular weight is 290 g/mol. The van der Waals surface area contributed by atoms with Crippen LogP contribution in [0.2, 0.25) is 0 Å². The molecule has 0 amide bonds. The summed E-state index contributed by atoms with van der Waals surface area (Å²) in [7, 11) is 1.57. The van der Waals surface area contributed by atoms with Gasteiger partial charge in [-0.05, 0) is 24.1 Å². The van der Waals surface area contributed by atoms with Gasteiger partial charge in [-0.3, -0.25) is 0 Å². The van der Waals surface area contributed by atoms with Gasteiger partial charge in [0, 0.05) is 31.6 Å². The molecule has 0 atom stereocenters. The lowest BCUT2D eigenvalue weighted by Crippen LogP contribution is -2.31. The van der Waals surface area contributed by atoms with Crippen LogP contribution in [-0.4, -0.2) is 26.8 Å². The Morgan fingerprint density at radius 3 is 2.45 bits per heavy atom. The van der Waals surface area contributed by atoms with Crippen LogP contribution in [0.1, 0.15) is 19.4 Å². The van der Waals surface area contributed by atoms with Gasteiger partial charge >= 0.3 is 6.18 Å². The fourth-order valence-electron chi connectivity index (χ4n) is 1.95. The van der Waals surface area contributed by atoms with Gasteiger partial charge in [0.15, 0.2) is 0 Å². The number of nitrogen functional groups attached to an aromatic ring is 1. The van der Waals surface area contributed by atoms with E-state index in [1.165, 1.54) is 6.07 Å². The summed E-state index contributed by atoms with van der Waals surface area (Å²) in [6.45, 7) is 5.68.